The fraction of sp³-hybridized carbons (Fsp3) is 0.360. The van der Waals surface area contributed by atoms with Crippen LogP contribution in [0, 0.1) is 6.92 Å². The highest BCUT2D eigenvalue weighted by Crippen LogP contribution is 2.40. The van der Waals surface area contributed by atoms with E-state index in [9.17, 15) is 0 Å². The van der Waals surface area contributed by atoms with Crippen molar-refractivity contribution in [2.24, 2.45) is 0 Å². The van der Waals surface area contributed by atoms with Crippen LogP contribution in [0.25, 0.3) is 11.1 Å². The maximum Gasteiger partial charge on any atom is 0.165 e. The molecule has 5 rings (SSSR count). The summed E-state index contributed by atoms with van der Waals surface area (Å²) >= 11 is 1.75. The Labute approximate surface area is 182 Å². The lowest BCUT2D eigenvalue weighted by atomic mass is 9.97. The van der Waals surface area contributed by atoms with Crippen LogP contribution in [0.1, 0.15) is 23.1 Å². The van der Waals surface area contributed by atoms with Gasteiger partial charge in [-0.25, -0.2) is 0 Å². The lowest BCUT2D eigenvalue weighted by Gasteiger charge is -2.21. The van der Waals surface area contributed by atoms with Gasteiger partial charge in [-0.2, -0.15) is 11.3 Å². The number of fused-ring (bicyclic) bond motifs is 1. The van der Waals surface area contributed by atoms with Gasteiger partial charge in [-0.05, 0) is 58.1 Å². The second-order valence-electron chi connectivity index (χ2n) is 8.07. The van der Waals surface area contributed by atoms with E-state index >= 15 is 0 Å². The number of hydrogen-bond donors (Lipinski definition) is 0. The minimum absolute atomic E-state index is 0.0926. The van der Waals surface area contributed by atoms with Crippen LogP contribution in [-0.4, -0.2) is 37.4 Å². The number of rotatable bonds is 5. The Morgan fingerprint density at radius 3 is 2.90 bits per heavy atom. The first kappa shape index (κ1) is 19.6. The molecule has 2 aromatic carbocycles. The van der Waals surface area contributed by atoms with Gasteiger partial charge in [0.25, 0.3) is 0 Å². The first-order valence-electron chi connectivity index (χ1n) is 10.6. The lowest BCUT2D eigenvalue weighted by Crippen LogP contribution is -2.24. The van der Waals surface area contributed by atoms with Crippen molar-refractivity contribution in [3.05, 3.63) is 69.9 Å². The highest BCUT2D eigenvalue weighted by atomic mass is 32.1. The molecule has 0 spiro atoms. The molecule has 4 nitrogen and oxygen atoms in total. The van der Waals surface area contributed by atoms with E-state index in [-0.39, 0.29) is 6.10 Å². The average Bonchev–Trinajstić information content (AvgIpc) is 3.40. The molecule has 1 atom stereocenters. The Balaban J connectivity index is 1.52. The lowest BCUT2D eigenvalue weighted by molar-refractivity contribution is 0.137. The molecule has 5 heteroatoms. The molecular weight excluding hydrogens is 394 g/mol. The minimum atomic E-state index is 0.0926. The number of ether oxygens (including phenoxy) is 3. The number of benzene rings is 2. The van der Waals surface area contributed by atoms with E-state index in [1.54, 1.807) is 11.3 Å². The van der Waals surface area contributed by atoms with E-state index in [4.69, 9.17) is 14.2 Å². The number of thiophene rings is 1. The Bertz CT molecular complexity index is 996. The monoisotopic (exact) mass is 421 g/mol. The summed E-state index contributed by atoms with van der Waals surface area (Å²) in [6.07, 6.45) is 1.02. The van der Waals surface area contributed by atoms with Crippen molar-refractivity contribution >= 4 is 11.3 Å². The number of nitrogens with zero attached hydrogens (tertiary/aromatic N) is 1. The summed E-state index contributed by atoms with van der Waals surface area (Å²) in [4.78, 5) is 2.46. The molecule has 0 N–H and O–H groups in total. The Morgan fingerprint density at radius 2 is 2.10 bits per heavy atom. The highest BCUT2D eigenvalue weighted by molar-refractivity contribution is 7.07. The topological polar surface area (TPSA) is 30.9 Å². The van der Waals surface area contributed by atoms with Crippen LogP contribution < -0.4 is 9.47 Å². The van der Waals surface area contributed by atoms with Crippen molar-refractivity contribution in [3.63, 3.8) is 0 Å². The van der Waals surface area contributed by atoms with Crippen LogP contribution in [0.4, 0.5) is 0 Å². The van der Waals surface area contributed by atoms with E-state index in [2.05, 4.69) is 65.0 Å². The summed E-state index contributed by atoms with van der Waals surface area (Å²) in [7, 11) is 0. The molecule has 0 radical (unpaired) electrons. The molecule has 3 aromatic rings. The van der Waals surface area contributed by atoms with E-state index in [1.807, 2.05) is 0 Å². The molecule has 1 aromatic heterocycles. The van der Waals surface area contributed by atoms with Crippen molar-refractivity contribution < 1.29 is 14.2 Å². The van der Waals surface area contributed by atoms with Crippen molar-refractivity contribution in [1.82, 2.24) is 4.90 Å². The second kappa shape index (κ2) is 8.80. The first-order valence-corrected chi connectivity index (χ1v) is 11.5. The van der Waals surface area contributed by atoms with Gasteiger partial charge in [-0.1, -0.05) is 24.3 Å². The quantitative estimate of drug-likeness (QED) is 0.560. The zero-order chi connectivity index (χ0) is 20.3. The molecule has 2 aliphatic rings. The summed E-state index contributed by atoms with van der Waals surface area (Å²) in [6, 6.07) is 15.2. The molecule has 0 aliphatic carbocycles. The first-order chi connectivity index (χ1) is 14.8. The molecule has 0 bridgehead atoms. The summed E-state index contributed by atoms with van der Waals surface area (Å²) in [6.45, 7) is 6.92. The fourth-order valence-corrected chi connectivity index (χ4v) is 4.90. The van der Waals surface area contributed by atoms with Gasteiger partial charge in [0.15, 0.2) is 11.5 Å². The van der Waals surface area contributed by atoms with Crippen molar-refractivity contribution in [2.75, 3.05) is 26.4 Å². The van der Waals surface area contributed by atoms with Gasteiger partial charge < -0.3 is 14.2 Å². The SMILES string of the molecule is Cc1ccccc1-c1cc2c(c(O[C@H]3CCOC3)c1)OCCN(Cc1ccsc1)C2. The van der Waals surface area contributed by atoms with Crippen LogP contribution in [-0.2, 0) is 17.8 Å². The van der Waals surface area contributed by atoms with Crippen molar-refractivity contribution in [1.29, 1.82) is 0 Å². The third kappa shape index (κ3) is 4.24. The number of aryl methyl sites for hydroxylation is 1. The molecule has 2 aliphatic heterocycles. The predicted octanol–water partition coefficient (Wildman–Crippen LogP) is 5.29. The molecule has 1 fully saturated rings. The summed E-state index contributed by atoms with van der Waals surface area (Å²) in [5.74, 6) is 1.74. The summed E-state index contributed by atoms with van der Waals surface area (Å²) in [5.41, 5.74) is 6.23. The van der Waals surface area contributed by atoms with E-state index < -0.39 is 0 Å². The standard InChI is InChI=1S/C25H27NO3S/c1-18-4-2-3-5-23(18)20-12-21-15-26(14-19-7-11-30-17-19)8-10-28-25(21)24(13-20)29-22-6-9-27-16-22/h2-5,7,11-13,17,22H,6,8-10,14-16H2,1H3/t22-/m0/s1. The molecular formula is C25H27NO3S. The van der Waals surface area contributed by atoms with Crippen molar-refractivity contribution in [2.45, 2.75) is 32.5 Å². The largest absolute Gasteiger partial charge is 0.488 e. The predicted molar refractivity (Wildman–Crippen MR) is 120 cm³/mol. The smallest absolute Gasteiger partial charge is 0.165 e. The van der Waals surface area contributed by atoms with Gasteiger partial charge >= 0.3 is 0 Å². The van der Waals surface area contributed by atoms with Crippen LogP contribution in [0.15, 0.2) is 53.2 Å². The van der Waals surface area contributed by atoms with Gasteiger partial charge in [0, 0.05) is 31.6 Å². The molecule has 0 unspecified atom stereocenters. The highest BCUT2D eigenvalue weighted by Gasteiger charge is 2.25. The molecule has 1 saturated heterocycles. The van der Waals surface area contributed by atoms with Crippen LogP contribution in [0.2, 0.25) is 0 Å². The molecule has 156 valence electrons. The summed E-state index contributed by atoms with van der Waals surface area (Å²) < 4.78 is 18.2. The normalized spacial score (nSPS) is 19.2. The van der Waals surface area contributed by atoms with Crippen molar-refractivity contribution in [3.8, 4) is 22.6 Å². The third-order valence-electron chi connectivity index (χ3n) is 5.80. The van der Waals surface area contributed by atoms with E-state index in [0.29, 0.717) is 13.2 Å². The van der Waals surface area contributed by atoms with Crippen LogP contribution in [0.3, 0.4) is 0 Å². The second-order valence-corrected chi connectivity index (χ2v) is 8.85. The Morgan fingerprint density at radius 1 is 1.17 bits per heavy atom. The molecule has 0 saturated carbocycles. The van der Waals surface area contributed by atoms with E-state index in [0.717, 1.165) is 44.2 Å². The van der Waals surface area contributed by atoms with Gasteiger partial charge in [0.05, 0.1) is 13.2 Å². The van der Waals surface area contributed by atoms with Gasteiger partial charge in [-0.15, -0.1) is 0 Å². The van der Waals surface area contributed by atoms with Crippen LogP contribution in [0.5, 0.6) is 11.5 Å². The minimum Gasteiger partial charge on any atom is -0.488 e. The zero-order valence-corrected chi connectivity index (χ0v) is 18.1. The maximum absolute atomic E-state index is 6.41. The fourth-order valence-electron chi connectivity index (χ4n) is 4.24. The molecule has 30 heavy (non-hydrogen) atoms. The Hall–Kier alpha value is -2.34. The average molecular weight is 422 g/mol. The van der Waals surface area contributed by atoms with Crippen LogP contribution >= 0.6 is 11.3 Å². The third-order valence-corrected chi connectivity index (χ3v) is 6.54. The maximum atomic E-state index is 6.41. The van der Waals surface area contributed by atoms with Gasteiger partial charge in [0.2, 0.25) is 0 Å². The number of hydrogen-bond acceptors (Lipinski definition) is 5. The molecule has 0 amide bonds. The van der Waals surface area contributed by atoms with E-state index in [1.165, 1.54) is 27.8 Å². The van der Waals surface area contributed by atoms with Gasteiger partial charge in [0.1, 0.15) is 12.7 Å². The molecule has 3 heterocycles. The Kier molecular flexibility index (Phi) is 5.75. The van der Waals surface area contributed by atoms with Gasteiger partial charge in [-0.3, -0.25) is 4.90 Å². The summed E-state index contributed by atoms with van der Waals surface area (Å²) in [5, 5.41) is 4.37. The zero-order valence-electron chi connectivity index (χ0n) is 17.3.